The monoisotopic (exact) mass is 634 g/mol. The molecule has 1 spiro atoms. The van der Waals surface area contributed by atoms with Gasteiger partial charge in [0, 0.05) is 73.9 Å². The predicted molar refractivity (Wildman–Crippen MR) is 196 cm³/mol. The van der Waals surface area contributed by atoms with Crippen LogP contribution in [0.15, 0.2) is 152 Å². The third-order valence-electron chi connectivity index (χ3n) is 11.3. The zero-order valence-corrected chi connectivity index (χ0v) is 28.8. The largest absolute Gasteiger partial charge is 0.288 e. The molecule has 0 bridgehead atoms. The van der Waals surface area contributed by atoms with Crippen molar-refractivity contribution in [3.05, 3.63) is 185 Å². The lowest BCUT2D eigenvalue weighted by Gasteiger charge is -2.44. The fourth-order valence-electron chi connectivity index (χ4n) is 9.27. The van der Waals surface area contributed by atoms with Gasteiger partial charge in [-0.3, -0.25) is 0 Å². The zero-order chi connectivity index (χ0) is 33.5. The molecule has 0 saturated carbocycles. The Labute approximate surface area is 289 Å². The number of hydrogen-bond donors (Lipinski definition) is 0. The maximum atomic E-state index is 2.66. The van der Waals surface area contributed by atoms with Gasteiger partial charge in [-0.15, -0.1) is 0 Å². The summed E-state index contributed by atoms with van der Waals surface area (Å²) in [5, 5.41) is 0. The number of nitrogens with zero attached hydrogens (tertiary/aromatic N) is 3. The summed E-state index contributed by atoms with van der Waals surface area (Å²) in [5.74, 6) is 0. The van der Waals surface area contributed by atoms with E-state index < -0.39 is 11.1 Å². The molecule has 2 aliphatic heterocycles. The molecule has 2 unspecified atom stereocenters. The van der Waals surface area contributed by atoms with Gasteiger partial charge in [-0.2, -0.15) is 9.13 Å². The smallest absolute Gasteiger partial charge is 0.201 e. The minimum absolute atomic E-state index is 0.628. The molecule has 3 aromatic heterocycles. The lowest BCUT2D eigenvalue weighted by Crippen LogP contribution is -2.79. The second kappa shape index (κ2) is 10.7. The molecule has 7 aromatic rings. The number of aryl methyl sites for hydroxylation is 4. The van der Waals surface area contributed by atoms with Crippen molar-refractivity contribution in [3.8, 4) is 44.9 Å². The van der Waals surface area contributed by atoms with Gasteiger partial charge in [0.1, 0.15) is 7.05 Å². The first-order chi connectivity index (χ1) is 23.9. The quantitative estimate of drug-likeness (QED) is 0.173. The van der Waals surface area contributed by atoms with Crippen LogP contribution in [0, 0.1) is 20.8 Å². The standard InChI is InChI=1S/C46H40N3/c1-31-27-28-47(5)44(29-31)38-26-25-35(34-17-7-6-8-18-34)30-41(38)45(4)46(39-21-11-9-19-36(39)42-23-13-15-32(2)48(42)45)40-22-12-10-20-37(40)43-24-14-16-33(3)49(43)46/h6-30H,1-5H3/q+3. The van der Waals surface area contributed by atoms with Gasteiger partial charge in [-0.25, -0.2) is 4.57 Å². The van der Waals surface area contributed by atoms with Crippen molar-refractivity contribution < 1.29 is 13.7 Å². The highest BCUT2D eigenvalue weighted by Gasteiger charge is 2.74. The molecule has 3 nitrogen and oxygen atoms in total. The lowest BCUT2D eigenvalue weighted by molar-refractivity contribution is -0.849. The highest BCUT2D eigenvalue weighted by Crippen LogP contribution is 2.57. The highest BCUT2D eigenvalue weighted by molar-refractivity contribution is 5.78. The van der Waals surface area contributed by atoms with E-state index in [0.29, 0.717) is 0 Å². The molecule has 0 aliphatic carbocycles. The van der Waals surface area contributed by atoms with Crippen LogP contribution in [0.5, 0.6) is 0 Å². The van der Waals surface area contributed by atoms with Crippen LogP contribution in [-0.4, -0.2) is 0 Å². The Morgan fingerprint density at radius 2 is 1.02 bits per heavy atom. The van der Waals surface area contributed by atoms with E-state index >= 15 is 0 Å². The molecule has 2 aliphatic rings. The normalized spacial score (nSPS) is 18.5. The molecule has 5 heterocycles. The third kappa shape index (κ3) is 3.87. The van der Waals surface area contributed by atoms with Crippen LogP contribution < -0.4 is 13.7 Å². The van der Waals surface area contributed by atoms with E-state index in [1.165, 1.54) is 78.5 Å². The Kier molecular flexibility index (Phi) is 6.42. The van der Waals surface area contributed by atoms with E-state index in [2.05, 4.69) is 200 Å². The van der Waals surface area contributed by atoms with Gasteiger partial charge in [0.2, 0.25) is 17.1 Å². The Bertz CT molecular complexity index is 2460. The summed E-state index contributed by atoms with van der Waals surface area (Å²) in [6, 6.07) is 54.4. The Morgan fingerprint density at radius 1 is 0.449 bits per heavy atom. The van der Waals surface area contributed by atoms with E-state index in [1.807, 2.05) is 0 Å². The average molecular weight is 635 g/mol. The van der Waals surface area contributed by atoms with Crippen LogP contribution in [0.3, 0.4) is 0 Å². The van der Waals surface area contributed by atoms with Crippen LogP contribution in [0.2, 0.25) is 0 Å². The van der Waals surface area contributed by atoms with E-state index in [0.717, 1.165) is 0 Å². The van der Waals surface area contributed by atoms with Crippen molar-refractivity contribution in [2.45, 2.75) is 38.8 Å². The van der Waals surface area contributed by atoms with Gasteiger partial charge >= 0.3 is 0 Å². The fraction of sp³-hybridized carbons (Fsp3) is 0.152. The number of hydrogen-bond acceptors (Lipinski definition) is 0. The van der Waals surface area contributed by atoms with Crippen molar-refractivity contribution in [3.63, 3.8) is 0 Å². The average Bonchev–Trinajstić information content (AvgIpc) is 3.44. The van der Waals surface area contributed by atoms with Gasteiger partial charge < -0.3 is 0 Å². The summed E-state index contributed by atoms with van der Waals surface area (Å²) in [6.07, 6.45) is 2.19. The summed E-state index contributed by atoms with van der Waals surface area (Å²) in [5.41, 5.74) is 16.2. The number of benzene rings is 4. The molecule has 2 atom stereocenters. The van der Waals surface area contributed by atoms with Crippen LogP contribution in [0.1, 0.15) is 40.6 Å². The number of fused-ring (bicyclic) bond motifs is 9. The molecule has 9 rings (SSSR count). The first-order valence-electron chi connectivity index (χ1n) is 17.3. The Balaban J connectivity index is 1.55. The maximum Gasteiger partial charge on any atom is 0.288 e. The molecule has 0 saturated heterocycles. The molecule has 0 radical (unpaired) electrons. The topological polar surface area (TPSA) is 11.6 Å². The van der Waals surface area contributed by atoms with Crippen molar-refractivity contribution in [1.82, 2.24) is 0 Å². The second-order valence-electron chi connectivity index (χ2n) is 14.0. The van der Waals surface area contributed by atoms with Crippen LogP contribution >= 0.6 is 0 Å². The van der Waals surface area contributed by atoms with E-state index in [9.17, 15) is 0 Å². The Hall–Kier alpha value is -5.67. The minimum atomic E-state index is -0.642. The SMILES string of the molecule is Cc1cc[n+](C)c(-c2ccc(-c3ccccc3)cc2C2(C)[n+]3c(C)cccc3-c3ccccc3C23c2ccccc2-c2cccc(C)[n+]23)c1. The Morgan fingerprint density at radius 3 is 1.69 bits per heavy atom. The van der Waals surface area contributed by atoms with Crippen molar-refractivity contribution in [1.29, 1.82) is 0 Å². The summed E-state index contributed by atoms with van der Waals surface area (Å²) in [7, 11) is 2.17. The molecule has 0 amide bonds. The number of aromatic nitrogens is 3. The molecule has 0 fully saturated rings. The van der Waals surface area contributed by atoms with E-state index in [-0.39, 0.29) is 0 Å². The van der Waals surface area contributed by atoms with Crippen LogP contribution in [-0.2, 0) is 18.1 Å². The summed E-state index contributed by atoms with van der Waals surface area (Å²) in [4.78, 5) is 0. The third-order valence-corrected chi connectivity index (χ3v) is 11.3. The highest BCUT2D eigenvalue weighted by atomic mass is 15.2. The summed E-state index contributed by atoms with van der Waals surface area (Å²) < 4.78 is 7.59. The maximum absolute atomic E-state index is 2.66. The van der Waals surface area contributed by atoms with Crippen molar-refractivity contribution in [2.75, 3.05) is 0 Å². The van der Waals surface area contributed by atoms with E-state index in [1.54, 1.807) is 0 Å². The van der Waals surface area contributed by atoms with Crippen molar-refractivity contribution >= 4 is 0 Å². The van der Waals surface area contributed by atoms with Crippen LogP contribution in [0.4, 0.5) is 0 Å². The first kappa shape index (κ1) is 29.5. The summed E-state index contributed by atoms with van der Waals surface area (Å²) >= 11 is 0. The second-order valence-corrected chi connectivity index (χ2v) is 14.0. The van der Waals surface area contributed by atoms with Gasteiger partial charge in [0.25, 0.3) is 11.1 Å². The lowest BCUT2D eigenvalue weighted by atomic mass is 9.60. The molecule has 0 N–H and O–H groups in total. The van der Waals surface area contributed by atoms with Crippen molar-refractivity contribution in [2.24, 2.45) is 7.05 Å². The molecule has 49 heavy (non-hydrogen) atoms. The predicted octanol–water partition coefficient (Wildman–Crippen LogP) is 8.56. The van der Waals surface area contributed by atoms with Gasteiger partial charge in [0.05, 0.1) is 16.7 Å². The van der Waals surface area contributed by atoms with E-state index in [4.69, 9.17) is 0 Å². The fourth-order valence-corrected chi connectivity index (χ4v) is 9.27. The summed E-state index contributed by atoms with van der Waals surface area (Å²) in [6.45, 7) is 9.26. The van der Waals surface area contributed by atoms with Crippen LogP contribution in [0.25, 0.3) is 44.9 Å². The minimum Gasteiger partial charge on any atom is -0.201 e. The molecule has 4 aromatic carbocycles. The molecular weight excluding hydrogens is 595 g/mol. The number of pyridine rings is 3. The van der Waals surface area contributed by atoms with Gasteiger partial charge in [-0.05, 0) is 60.0 Å². The van der Waals surface area contributed by atoms with Gasteiger partial charge in [0.15, 0.2) is 17.6 Å². The first-order valence-corrected chi connectivity index (χ1v) is 17.3. The van der Waals surface area contributed by atoms with Gasteiger partial charge in [-0.1, -0.05) is 72.8 Å². The number of rotatable bonds is 3. The molecular formula is C46H40N3+3. The molecule has 3 heteroatoms. The zero-order valence-electron chi connectivity index (χ0n) is 28.8. The molecule has 236 valence electrons.